The summed E-state index contributed by atoms with van der Waals surface area (Å²) in [5.41, 5.74) is 4.81. The quantitative estimate of drug-likeness (QED) is 0.466. The van der Waals surface area contributed by atoms with Crippen molar-refractivity contribution in [3.8, 4) is 16.4 Å². The second-order valence-corrected chi connectivity index (χ2v) is 7.47. The number of rotatable bonds is 5. The van der Waals surface area contributed by atoms with Crippen LogP contribution in [0.2, 0.25) is 0 Å². The Kier molecular flexibility index (Phi) is 5.20. The lowest BCUT2D eigenvalue weighted by Gasteiger charge is -1.97. The first kappa shape index (κ1) is 19.0. The van der Waals surface area contributed by atoms with Gasteiger partial charge in [0, 0.05) is 10.9 Å². The predicted octanol–water partition coefficient (Wildman–Crippen LogP) is 4.81. The average Bonchev–Trinajstić information content (AvgIpc) is 3.32. The molecule has 0 radical (unpaired) electrons. The van der Waals surface area contributed by atoms with Crippen molar-refractivity contribution < 1.29 is 5.11 Å². The van der Waals surface area contributed by atoms with E-state index in [1.165, 1.54) is 21.6 Å². The van der Waals surface area contributed by atoms with Gasteiger partial charge in [0.15, 0.2) is 5.69 Å². The summed E-state index contributed by atoms with van der Waals surface area (Å²) in [5, 5.41) is 23.0. The van der Waals surface area contributed by atoms with Gasteiger partial charge in [-0.25, -0.2) is 4.98 Å². The fourth-order valence-corrected chi connectivity index (χ4v) is 3.63. The van der Waals surface area contributed by atoms with Crippen LogP contribution in [0.15, 0.2) is 68.9 Å². The zero-order valence-corrected chi connectivity index (χ0v) is 16.8. The van der Waals surface area contributed by atoms with Crippen molar-refractivity contribution >= 4 is 22.7 Å². The summed E-state index contributed by atoms with van der Waals surface area (Å²) in [6.45, 7) is 3.73. The van der Waals surface area contributed by atoms with E-state index in [4.69, 9.17) is 0 Å². The molecule has 2 aromatic heterocycles. The van der Waals surface area contributed by atoms with E-state index in [-0.39, 0.29) is 17.9 Å². The fourth-order valence-electron chi connectivity index (χ4n) is 2.84. The molecule has 29 heavy (non-hydrogen) atoms. The van der Waals surface area contributed by atoms with Gasteiger partial charge in [0.25, 0.3) is 0 Å². The van der Waals surface area contributed by atoms with Crippen LogP contribution in [0.25, 0.3) is 16.4 Å². The number of benzene rings is 2. The third-order valence-electron chi connectivity index (χ3n) is 4.43. The summed E-state index contributed by atoms with van der Waals surface area (Å²) >= 11 is 1.38. The summed E-state index contributed by atoms with van der Waals surface area (Å²) < 4.78 is 1.39. The Hall–Kier alpha value is -3.36. The predicted molar refractivity (Wildman–Crippen MR) is 114 cm³/mol. The average molecular weight is 405 g/mol. The molecule has 2 heterocycles. The van der Waals surface area contributed by atoms with Gasteiger partial charge in [-0.3, -0.25) is 9.89 Å². The molecule has 0 amide bonds. The molecule has 0 aliphatic heterocycles. The number of hydrogen-bond donors (Lipinski definition) is 2. The van der Waals surface area contributed by atoms with Crippen LogP contribution in [0.3, 0.4) is 0 Å². The number of aliphatic hydroxyl groups is 1. The van der Waals surface area contributed by atoms with Gasteiger partial charge < -0.3 is 5.11 Å². The highest BCUT2D eigenvalue weighted by Gasteiger charge is 2.15. The molecule has 0 aliphatic carbocycles. The van der Waals surface area contributed by atoms with Crippen LogP contribution in [0.4, 0.5) is 11.4 Å². The number of aliphatic hydroxyl groups excluding tert-OH is 1. The molecule has 0 fully saturated rings. The molecule has 0 saturated heterocycles. The Morgan fingerprint density at radius 2 is 1.93 bits per heavy atom. The molecule has 0 spiro atoms. The molecule has 0 bridgehead atoms. The molecule has 2 N–H and O–H groups in total. The number of aromatic nitrogens is 3. The zero-order chi connectivity index (χ0) is 20.4. The molecule has 146 valence electrons. The number of hydrogen-bond acceptors (Lipinski definition) is 6. The molecule has 0 saturated carbocycles. The Labute approximate surface area is 171 Å². The van der Waals surface area contributed by atoms with Gasteiger partial charge in [0.1, 0.15) is 0 Å². The molecule has 4 aromatic rings. The first-order valence-electron chi connectivity index (χ1n) is 9.01. The lowest BCUT2D eigenvalue weighted by atomic mass is 10.1. The fraction of sp³-hybridized carbons (Fsp3) is 0.143. The molecule has 8 heteroatoms. The standard InChI is InChI=1S/C21H19N5O2S/c1-13-6-8-16(9-7-13)18-12-29-21(22-18)26-20(28)19(14(2)25-26)24-23-17-5-3-4-15(10-17)11-27/h3-10,12,25,27H,11H2,1-2H3. The maximum Gasteiger partial charge on any atom is 0.301 e. The minimum atomic E-state index is -0.311. The lowest BCUT2D eigenvalue weighted by Crippen LogP contribution is -2.13. The van der Waals surface area contributed by atoms with Crippen LogP contribution in [-0.4, -0.2) is 19.9 Å². The van der Waals surface area contributed by atoms with Crippen molar-refractivity contribution in [3.63, 3.8) is 0 Å². The Morgan fingerprint density at radius 1 is 1.14 bits per heavy atom. The van der Waals surface area contributed by atoms with Crippen LogP contribution in [0, 0.1) is 13.8 Å². The molecule has 7 nitrogen and oxygen atoms in total. The largest absolute Gasteiger partial charge is 0.392 e. The summed E-state index contributed by atoms with van der Waals surface area (Å²) in [7, 11) is 0. The molecular weight excluding hydrogens is 386 g/mol. The number of aryl methyl sites for hydroxylation is 2. The highest BCUT2D eigenvalue weighted by atomic mass is 32.1. The first-order chi connectivity index (χ1) is 14.0. The third kappa shape index (κ3) is 3.94. The smallest absolute Gasteiger partial charge is 0.301 e. The number of nitrogens with one attached hydrogen (secondary N) is 1. The van der Waals surface area contributed by atoms with Crippen LogP contribution in [0.1, 0.15) is 16.8 Å². The maximum atomic E-state index is 12.8. The van der Waals surface area contributed by atoms with Crippen LogP contribution < -0.4 is 5.56 Å². The minimum absolute atomic E-state index is 0.0767. The van der Waals surface area contributed by atoms with E-state index in [0.717, 1.165) is 16.8 Å². The Morgan fingerprint density at radius 3 is 2.69 bits per heavy atom. The SMILES string of the molecule is Cc1ccc(-c2csc(-n3[nH]c(C)c(N=Nc4cccc(CO)c4)c3=O)n2)cc1. The number of azo groups is 1. The zero-order valence-electron chi connectivity index (χ0n) is 16.0. The first-order valence-corrected chi connectivity index (χ1v) is 9.89. The lowest BCUT2D eigenvalue weighted by molar-refractivity contribution is 0.282. The highest BCUT2D eigenvalue weighted by Crippen LogP contribution is 2.25. The van der Waals surface area contributed by atoms with Crippen LogP contribution >= 0.6 is 11.3 Å². The van der Waals surface area contributed by atoms with E-state index in [1.807, 2.05) is 36.6 Å². The molecule has 0 atom stereocenters. The van der Waals surface area contributed by atoms with E-state index in [9.17, 15) is 9.90 Å². The van der Waals surface area contributed by atoms with Crippen molar-refractivity contribution in [2.45, 2.75) is 20.5 Å². The van der Waals surface area contributed by atoms with Gasteiger partial charge in [-0.1, -0.05) is 42.0 Å². The van der Waals surface area contributed by atoms with Crippen molar-refractivity contribution in [2.24, 2.45) is 10.2 Å². The molecule has 2 aromatic carbocycles. The number of nitrogens with zero attached hydrogens (tertiary/aromatic N) is 4. The maximum absolute atomic E-state index is 12.8. The van der Waals surface area contributed by atoms with Gasteiger partial charge in [-0.2, -0.15) is 9.80 Å². The van der Waals surface area contributed by atoms with E-state index in [2.05, 4.69) is 20.3 Å². The normalized spacial score (nSPS) is 11.4. The Balaban J connectivity index is 1.64. The number of thiazole rings is 1. The number of H-pyrrole nitrogens is 1. The molecule has 4 rings (SSSR count). The van der Waals surface area contributed by atoms with E-state index in [1.54, 1.807) is 31.2 Å². The van der Waals surface area contributed by atoms with Crippen molar-refractivity contribution in [3.05, 3.63) is 81.1 Å². The van der Waals surface area contributed by atoms with Crippen LogP contribution in [0.5, 0.6) is 0 Å². The van der Waals surface area contributed by atoms with Crippen molar-refractivity contribution in [1.29, 1.82) is 0 Å². The second-order valence-electron chi connectivity index (χ2n) is 6.64. The second kappa shape index (κ2) is 7.94. The minimum Gasteiger partial charge on any atom is -0.392 e. The molecule has 0 aliphatic rings. The van der Waals surface area contributed by atoms with Gasteiger partial charge >= 0.3 is 5.56 Å². The summed E-state index contributed by atoms with van der Waals surface area (Å²) in [6, 6.07) is 15.1. The third-order valence-corrected chi connectivity index (χ3v) is 5.26. The van der Waals surface area contributed by atoms with Gasteiger partial charge in [-0.05, 0) is 31.5 Å². The van der Waals surface area contributed by atoms with E-state index >= 15 is 0 Å². The van der Waals surface area contributed by atoms with E-state index < -0.39 is 0 Å². The number of aromatic amines is 1. The molecule has 0 unspecified atom stereocenters. The topological polar surface area (TPSA) is 95.6 Å². The van der Waals surface area contributed by atoms with Crippen molar-refractivity contribution in [2.75, 3.05) is 0 Å². The summed E-state index contributed by atoms with van der Waals surface area (Å²) in [4.78, 5) is 17.4. The van der Waals surface area contributed by atoms with Crippen LogP contribution in [-0.2, 0) is 6.61 Å². The van der Waals surface area contributed by atoms with Gasteiger partial charge in [-0.15, -0.1) is 16.5 Å². The van der Waals surface area contributed by atoms with Crippen molar-refractivity contribution in [1.82, 2.24) is 14.8 Å². The highest BCUT2D eigenvalue weighted by molar-refractivity contribution is 7.12. The molecular formula is C21H19N5O2S. The van der Waals surface area contributed by atoms with E-state index in [0.29, 0.717) is 16.5 Å². The summed E-state index contributed by atoms with van der Waals surface area (Å²) in [6.07, 6.45) is 0. The van der Waals surface area contributed by atoms with Gasteiger partial charge in [0.05, 0.1) is 23.7 Å². The van der Waals surface area contributed by atoms with Gasteiger partial charge in [0.2, 0.25) is 5.13 Å². The monoisotopic (exact) mass is 405 g/mol. The summed E-state index contributed by atoms with van der Waals surface area (Å²) in [5.74, 6) is 0. The Bertz CT molecular complexity index is 1230.